The number of hydrogen-bond donors (Lipinski definition) is 2. The Bertz CT molecular complexity index is 668. The molecule has 0 unspecified atom stereocenters. The molecule has 0 aliphatic heterocycles. The van der Waals surface area contributed by atoms with Crippen molar-refractivity contribution in [2.75, 3.05) is 25.1 Å². The third-order valence-corrected chi connectivity index (χ3v) is 3.56. The summed E-state index contributed by atoms with van der Waals surface area (Å²) in [5.74, 6) is -0.611. The molecule has 3 N–H and O–H groups in total. The van der Waals surface area contributed by atoms with E-state index in [4.69, 9.17) is 5.73 Å². The van der Waals surface area contributed by atoms with Crippen LogP contribution < -0.4 is 11.1 Å². The quantitative estimate of drug-likeness (QED) is 0.830. The fourth-order valence-electron chi connectivity index (χ4n) is 1.84. The van der Waals surface area contributed by atoms with Crippen LogP contribution >= 0.6 is 15.9 Å². The summed E-state index contributed by atoms with van der Waals surface area (Å²) in [6.07, 6.45) is 0. The van der Waals surface area contributed by atoms with Gasteiger partial charge in [-0.05, 0) is 46.3 Å². The number of rotatable bonds is 3. The highest BCUT2D eigenvalue weighted by Crippen LogP contribution is 2.31. The number of nitrogens with zero attached hydrogens (tertiary/aromatic N) is 1. The van der Waals surface area contributed by atoms with Crippen LogP contribution in [0.3, 0.4) is 0 Å². The number of nitrogens with two attached hydrogens (primary N) is 1. The zero-order valence-electron chi connectivity index (χ0n) is 11.7. The number of hydrogen-bond acceptors (Lipinski definition) is 3. The maximum absolute atomic E-state index is 13.9. The van der Waals surface area contributed by atoms with Gasteiger partial charge in [0.15, 0.2) is 0 Å². The first-order chi connectivity index (χ1) is 9.90. The van der Waals surface area contributed by atoms with Crippen LogP contribution in [0.15, 0.2) is 40.9 Å². The highest BCUT2D eigenvalue weighted by Gasteiger charge is 2.16. The lowest BCUT2D eigenvalue weighted by molar-refractivity contribution is 0.0828. The van der Waals surface area contributed by atoms with Crippen molar-refractivity contribution in [1.82, 2.24) is 4.90 Å². The maximum atomic E-state index is 13.9. The number of halogens is 2. The Balaban J connectivity index is 2.48. The van der Waals surface area contributed by atoms with Gasteiger partial charge in [-0.2, -0.15) is 0 Å². The van der Waals surface area contributed by atoms with Gasteiger partial charge in [-0.15, -0.1) is 0 Å². The first kappa shape index (κ1) is 15.3. The number of anilines is 3. The fourth-order valence-corrected chi connectivity index (χ4v) is 2.29. The first-order valence-electron chi connectivity index (χ1n) is 6.22. The number of carbonyl (C=O) groups is 1. The first-order valence-corrected chi connectivity index (χ1v) is 7.01. The minimum Gasteiger partial charge on any atom is -0.399 e. The monoisotopic (exact) mass is 351 g/mol. The topological polar surface area (TPSA) is 58.4 Å². The Labute approximate surface area is 130 Å². The second-order valence-corrected chi connectivity index (χ2v) is 5.58. The number of carbonyl (C=O) groups excluding carboxylic acids is 1. The van der Waals surface area contributed by atoms with E-state index < -0.39 is 5.82 Å². The van der Waals surface area contributed by atoms with Gasteiger partial charge < -0.3 is 16.0 Å². The van der Waals surface area contributed by atoms with Crippen LogP contribution in [0.2, 0.25) is 0 Å². The van der Waals surface area contributed by atoms with Crippen molar-refractivity contribution in [2.45, 2.75) is 0 Å². The Morgan fingerprint density at radius 3 is 2.62 bits per heavy atom. The lowest BCUT2D eigenvalue weighted by Crippen LogP contribution is -2.22. The van der Waals surface area contributed by atoms with E-state index in [2.05, 4.69) is 21.2 Å². The molecule has 0 saturated heterocycles. The van der Waals surface area contributed by atoms with Crippen molar-refractivity contribution in [3.63, 3.8) is 0 Å². The average Bonchev–Trinajstić information content (AvgIpc) is 2.42. The average molecular weight is 352 g/mol. The van der Waals surface area contributed by atoms with Gasteiger partial charge in [-0.25, -0.2) is 4.39 Å². The highest BCUT2D eigenvalue weighted by molar-refractivity contribution is 9.10. The summed E-state index contributed by atoms with van der Waals surface area (Å²) in [7, 11) is 3.31. The van der Waals surface area contributed by atoms with Crippen LogP contribution in [0.1, 0.15) is 10.4 Å². The van der Waals surface area contributed by atoms with Crippen molar-refractivity contribution in [1.29, 1.82) is 0 Å². The molecule has 2 rings (SSSR count). The molecule has 1 amide bonds. The minimum absolute atomic E-state index is 0.190. The van der Waals surface area contributed by atoms with Crippen LogP contribution in [-0.2, 0) is 0 Å². The van der Waals surface area contributed by atoms with E-state index in [-0.39, 0.29) is 11.6 Å². The van der Waals surface area contributed by atoms with E-state index in [1.54, 1.807) is 44.4 Å². The molecule has 0 saturated carbocycles. The molecular weight excluding hydrogens is 337 g/mol. The summed E-state index contributed by atoms with van der Waals surface area (Å²) in [6, 6.07) is 9.51. The van der Waals surface area contributed by atoms with Crippen molar-refractivity contribution in [2.24, 2.45) is 0 Å². The standard InChI is InChI=1S/C15H15BrFN3O/c1-20(2)15(21)10-7-6-9(18)8-13(10)19-14-11(16)4-3-5-12(14)17/h3-8,19H,18H2,1-2H3. The van der Waals surface area contributed by atoms with E-state index >= 15 is 0 Å². The predicted octanol–water partition coefficient (Wildman–Crippen LogP) is 3.62. The Morgan fingerprint density at radius 2 is 2.00 bits per heavy atom. The number of nitrogen functional groups attached to an aromatic ring is 1. The molecule has 0 aromatic heterocycles. The molecule has 0 aliphatic carbocycles. The fraction of sp³-hybridized carbons (Fsp3) is 0.133. The number of amides is 1. The van der Waals surface area contributed by atoms with E-state index in [1.807, 2.05) is 0 Å². The van der Waals surface area contributed by atoms with Crippen LogP contribution in [0, 0.1) is 5.82 Å². The lowest BCUT2D eigenvalue weighted by Gasteiger charge is -2.17. The van der Waals surface area contributed by atoms with Crippen LogP contribution in [0.4, 0.5) is 21.5 Å². The normalized spacial score (nSPS) is 10.3. The lowest BCUT2D eigenvalue weighted by atomic mass is 10.1. The van der Waals surface area contributed by atoms with E-state index in [9.17, 15) is 9.18 Å². The van der Waals surface area contributed by atoms with Crippen LogP contribution in [-0.4, -0.2) is 24.9 Å². The van der Waals surface area contributed by atoms with E-state index in [1.165, 1.54) is 11.0 Å². The number of nitrogens with one attached hydrogen (secondary N) is 1. The zero-order chi connectivity index (χ0) is 15.6. The minimum atomic E-state index is -0.421. The predicted molar refractivity (Wildman–Crippen MR) is 86.3 cm³/mol. The SMILES string of the molecule is CN(C)C(=O)c1ccc(N)cc1Nc1c(F)cccc1Br. The molecule has 0 atom stereocenters. The van der Waals surface area contributed by atoms with Gasteiger partial charge in [0.05, 0.1) is 16.9 Å². The molecule has 21 heavy (non-hydrogen) atoms. The van der Waals surface area contributed by atoms with Crippen molar-refractivity contribution in [3.05, 3.63) is 52.3 Å². The second kappa shape index (κ2) is 6.13. The van der Waals surface area contributed by atoms with Crippen molar-refractivity contribution < 1.29 is 9.18 Å². The van der Waals surface area contributed by atoms with Gasteiger partial charge in [-0.3, -0.25) is 4.79 Å². The Hall–Kier alpha value is -2.08. The molecule has 4 nitrogen and oxygen atoms in total. The number of benzene rings is 2. The highest BCUT2D eigenvalue weighted by atomic mass is 79.9. The molecule has 0 spiro atoms. The molecule has 6 heteroatoms. The summed E-state index contributed by atoms with van der Waals surface area (Å²) in [6.45, 7) is 0. The van der Waals surface area contributed by atoms with E-state index in [0.717, 1.165) is 0 Å². The Morgan fingerprint density at radius 1 is 1.29 bits per heavy atom. The largest absolute Gasteiger partial charge is 0.399 e. The molecule has 0 bridgehead atoms. The van der Waals surface area contributed by atoms with Gasteiger partial charge in [0.1, 0.15) is 5.82 Å². The molecule has 2 aromatic carbocycles. The summed E-state index contributed by atoms with van der Waals surface area (Å²) in [5, 5.41) is 2.94. The summed E-state index contributed by atoms with van der Waals surface area (Å²) in [5.41, 5.74) is 7.39. The van der Waals surface area contributed by atoms with Gasteiger partial charge in [0.2, 0.25) is 0 Å². The van der Waals surface area contributed by atoms with Gasteiger partial charge >= 0.3 is 0 Å². The van der Waals surface area contributed by atoms with Crippen molar-refractivity contribution in [3.8, 4) is 0 Å². The smallest absolute Gasteiger partial charge is 0.255 e. The maximum Gasteiger partial charge on any atom is 0.255 e. The van der Waals surface area contributed by atoms with Gasteiger partial charge in [0, 0.05) is 24.3 Å². The second-order valence-electron chi connectivity index (χ2n) is 4.73. The van der Waals surface area contributed by atoms with Crippen LogP contribution in [0.5, 0.6) is 0 Å². The third kappa shape index (κ3) is 3.33. The summed E-state index contributed by atoms with van der Waals surface area (Å²) in [4.78, 5) is 13.6. The molecule has 110 valence electrons. The third-order valence-electron chi connectivity index (χ3n) is 2.90. The number of para-hydroxylation sites is 1. The Kier molecular flexibility index (Phi) is 4.47. The van der Waals surface area contributed by atoms with Gasteiger partial charge in [-0.1, -0.05) is 6.07 Å². The molecule has 0 aliphatic rings. The zero-order valence-corrected chi connectivity index (χ0v) is 13.2. The molecule has 0 heterocycles. The molecule has 2 aromatic rings. The van der Waals surface area contributed by atoms with Crippen molar-refractivity contribution >= 4 is 38.9 Å². The van der Waals surface area contributed by atoms with Crippen LogP contribution in [0.25, 0.3) is 0 Å². The molecule has 0 fully saturated rings. The van der Waals surface area contributed by atoms with E-state index in [0.29, 0.717) is 21.4 Å². The summed E-state index contributed by atoms with van der Waals surface area (Å²) >= 11 is 3.28. The van der Waals surface area contributed by atoms with Gasteiger partial charge in [0.25, 0.3) is 5.91 Å². The molecule has 0 radical (unpaired) electrons. The molecular formula is C15H15BrFN3O. The summed E-state index contributed by atoms with van der Waals surface area (Å²) < 4.78 is 14.5.